The Morgan fingerprint density at radius 2 is 1.41 bits per heavy atom. The molecule has 0 aliphatic carbocycles. The average Bonchev–Trinajstić information content (AvgIpc) is 2.51. The fourth-order valence-corrected chi connectivity index (χ4v) is 2.50. The first-order chi connectivity index (χ1) is 12.7. The van der Waals surface area contributed by atoms with Crippen molar-refractivity contribution in [3.8, 4) is 11.5 Å². The van der Waals surface area contributed by atoms with E-state index in [0.717, 1.165) is 0 Å². The minimum atomic E-state index is -0.801. The topological polar surface area (TPSA) is 84.9 Å². The third-order valence-corrected chi connectivity index (χ3v) is 4.04. The first-order valence-corrected chi connectivity index (χ1v) is 9.62. The zero-order chi connectivity index (χ0) is 21.7. The Kier molecular flexibility index (Phi) is 10.3. The number of carbonyl (C=O) groups excluding carboxylic acids is 2. The van der Waals surface area contributed by atoms with E-state index in [1.807, 2.05) is 48.5 Å². The molecule has 0 bridgehead atoms. The molecule has 1 rings (SSSR count). The van der Waals surface area contributed by atoms with Crippen molar-refractivity contribution in [1.82, 2.24) is 5.32 Å². The summed E-state index contributed by atoms with van der Waals surface area (Å²) in [6.07, 6.45) is -0.365. The SMILES string of the molecule is CNC(C)C(O)c1ccc(OC(=O)CC(C)(C)C)c(OC(=O)CC(C)(C)C)c1.Cl. The van der Waals surface area contributed by atoms with Crippen LogP contribution in [0, 0.1) is 10.8 Å². The largest absolute Gasteiger partial charge is 0.423 e. The van der Waals surface area contributed by atoms with E-state index in [-0.39, 0.29) is 53.6 Å². The fraction of sp³-hybridized carbons (Fsp3) is 0.636. The van der Waals surface area contributed by atoms with Gasteiger partial charge in [0.2, 0.25) is 0 Å². The number of likely N-dealkylation sites (N-methyl/N-ethyl adjacent to an activating group) is 1. The number of aliphatic hydroxyl groups excluding tert-OH is 1. The Hall–Kier alpha value is -1.63. The highest BCUT2D eigenvalue weighted by Gasteiger charge is 2.24. The molecule has 0 amide bonds. The second-order valence-electron chi connectivity index (χ2n) is 9.65. The van der Waals surface area contributed by atoms with Gasteiger partial charge in [0.05, 0.1) is 18.9 Å². The van der Waals surface area contributed by atoms with Crippen molar-refractivity contribution in [1.29, 1.82) is 0 Å². The molecule has 0 aromatic heterocycles. The molecule has 2 atom stereocenters. The van der Waals surface area contributed by atoms with E-state index in [1.165, 1.54) is 0 Å². The van der Waals surface area contributed by atoms with E-state index in [9.17, 15) is 14.7 Å². The Balaban J connectivity index is 0.00000784. The summed E-state index contributed by atoms with van der Waals surface area (Å²) in [5.74, 6) is -0.521. The standard InChI is InChI=1S/C22H35NO5.ClH/c1-14(23-8)20(26)15-9-10-16(27-18(24)12-21(2,3)4)17(11-15)28-19(25)13-22(5,6)7;/h9-11,14,20,23,26H,12-13H2,1-8H3;1H. The normalized spacial score (nSPS) is 13.8. The smallest absolute Gasteiger partial charge is 0.311 e. The van der Waals surface area contributed by atoms with Crippen molar-refractivity contribution in [2.24, 2.45) is 10.8 Å². The van der Waals surface area contributed by atoms with E-state index < -0.39 is 18.0 Å². The van der Waals surface area contributed by atoms with Crippen molar-refractivity contribution in [2.45, 2.75) is 73.5 Å². The van der Waals surface area contributed by atoms with Crippen LogP contribution in [0.25, 0.3) is 0 Å². The summed E-state index contributed by atoms with van der Waals surface area (Å²) >= 11 is 0. The van der Waals surface area contributed by atoms with E-state index >= 15 is 0 Å². The highest BCUT2D eigenvalue weighted by atomic mass is 35.5. The van der Waals surface area contributed by atoms with Crippen LogP contribution < -0.4 is 14.8 Å². The zero-order valence-corrected chi connectivity index (χ0v) is 19.6. The monoisotopic (exact) mass is 429 g/mol. The summed E-state index contributed by atoms with van der Waals surface area (Å²) in [6.45, 7) is 13.5. The van der Waals surface area contributed by atoms with Gasteiger partial charge in [-0.15, -0.1) is 12.4 Å². The van der Waals surface area contributed by atoms with Gasteiger partial charge in [0.25, 0.3) is 0 Å². The second-order valence-corrected chi connectivity index (χ2v) is 9.65. The maximum Gasteiger partial charge on any atom is 0.311 e. The number of nitrogens with one attached hydrogen (secondary N) is 1. The Bertz CT molecular complexity index is 691. The number of ether oxygens (including phenoxy) is 2. The average molecular weight is 430 g/mol. The maximum absolute atomic E-state index is 12.3. The van der Waals surface area contributed by atoms with Crippen LogP contribution >= 0.6 is 12.4 Å². The van der Waals surface area contributed by atoms with Crippen LogP contribution in [-0.4, -0.2) is 30.1 Å². The number of aliphatic hydroxyl groups is 1. The molecule has 0 heterocycles. The van der Waals surface area contributed by atoms with Crippen molar-refractivity contribution < 1.29 is 24.2 Å². The predicted octanol–water partition coefficient (Wildman–Crippen LogP) is 4.43. The van der Waals surface area contributed by atoms with Crippen LogP contribution in [0.15, 0.2) is 18.2 Å². The second kappa shape index (κ2) is 11.0. The lowest BCUT2D eigenvalue weighted by atomic mass is 9.92. The van der Waals surface area contributed by atoms with Gasteiger partial charge >= 0.3 is 11.9 Å². The van der Waals surface area contributed by atoms with Crippen LogP contribution in [-0.2, 0) is 9.59 Å². The number of halogens is 1. The van der Waals surface area contributed by atoms with Gasteiger partial charge in [-0.3, -0.25) is 9.59 Å². The van der Waals surface area contributed by atoms with Gasteiger partial charge in [-0.1, -0.05) is 47.6 Å². The molecule has 0 radical (unpaired) electrons. The van der Waals surface area contributed by atoms with Crippen molar-refractivity contribution in [2.75, 3.05) is 7.05 Å². The lowest BCUT2D eigenvalue weighted by Gasteiger charge is -2.21. The summed E-state index contributed by atoms with van der Waals surface area (Å²) < 4.78 is 11.0. The van der Waals surface area contributed by atoms with Gasteiger partial charge < -0.3 is 19.9 Å². The van der Waals surface area contributed by atoms with E-state index in [0.29, 0.717) is 5.56 Å². The fourth-order valence-electron chi connectivity index (χ4n) is 2.50. The lowest BCUT2D eigenvalue weighted by molar-refractivity contribution is -0.139. The molecular weight excluding hydrogens is 394 g/mol. The molecule has 7 heteroatoms. The molecule has 0 spiro atoms. The molecule has 2 unspecified atom stereocenters. The van der Waals surface area contributed by atoms with Gasteiger partial charge in [0, 0.05) is 6.04 Å². The quantitative estimate of drug-likeness (QED) is 0.492. The molecule has 166 valence electrons. The Morgan fingerprint density at radius 3 is 1.83 bits per heavy atom. The summed E-state index contributed by atoms with van der Waals surface area (Å²) in [4.78, 5) is 24.6. The molecule has 0 saturated carbocycles. The third-order valence-electron chi connectivity index (χ3n) is 4.04. The van der Waals surface area contributed by atoms with Crippen LogP contribution in [0.1, 0.15) is 73.0 Å². The van der Waals surface area contributed by atoms with Crippen molar-refractivity contribution >= 4 is 24.3 Å². The van der Waals surface area contributed by atoms with Crippen LogP contribution in [0.4, 0.5) is 0 Å². The number of hydrogen-bond donors (Lipinski definition) is 2. The van der Waals surface area contributed by atoms with E-state index in [2.05, 4.69) is 5.32 Å². The highest BCUT2D eigenvalue weighted by Crippen LogP contribution is 2.33. The molecule has 2 N–H and O–H groups in total. The first kappa shape index (κ1) is 27.4. The zero-order valence-electron chi connectivity index (χ0n) is 18.8. The van der Waals surface area contributed by atoms with Gasteiger partial charge in [0.15, 0.2) is 11.5 Å². The van der Waals surface area contributed by atoms with Gasteiger partial charge in [0.1, 0.15) is 0 Å². The summed E-state index contributed by atoms with van der Waals surface area (Å²) in [6, 6.07) is 4.58. The molecule has 1 aromatic carbocycles. The van der Waals surface area contributed by atoms with Gasteiger partial charge in [-0.25, -0.2) is 0 Å². The molecule has 29 heavy (non-hydrogen) atoms. The van der Waals surface area contributed by atoms with E-state index in [4.69, 9.17) is 9.47 Å². The molecular formula is C22H36ClNO5. The van der Waals surface area contributed by atoms with Gasteiger partial charge in [-0.2, -0.15) is 0 Å². The maximum atomic E-state index is 12.3. The molecule has 0 saturated heterocycles. The van der Waals surface area contributed by atoms with Crippen LogP contribution in [0.5, 0.6) is 11.5 Å². The summed E-state index contributed by atoms with van der Waals surface area (Å²) in [5, 5.41) is 13.4. The minimum Gasteiger partial charge on any atom is -0.423 e. The first-order valence-electron chi connectivity index (χ1n) is 9.62. The number of esters is 2. The highest BCUT2D eigenvalue weighted by molar-refractivity contribution is 5.85. The van der Waals surface area contributed by atoms with Crippen LogP contribution in [0.3, 0.4) is 0 Å². The van der Waals surface area contributed by atoms with Crippen LogP contribution in [0.2, 0.25) is 0 Å². The Labute approximate surface area is 180 Å². The van der Waals surface area contributed by atoms with E-state index in [1.54, 1.807) is 25.2 Å². The molecule has 0 aliphatic heterocycles. The third kappa shape index (κ3) is 10.1. The van der Waals surface area contributed by atoms with Gasteiger partial charge in [-0.05, 0) is 42.5 Å². The summed E-state index contributed by atoms with van der Waals surface area (Å²) in [5.41, 5.74) is 0.104. The molecule has 1 aromatic rings. The molecule has 6 nitrogen and oxygen atoms in total. The lowest BCUT2D eigenvalue weighted by Crippen LogP contribution is -2.28. The van der Waals surface area contributed by atoms with Crippen molar-refractivity contribution in [3.05, 3.63) is 23.8 Å². The Morgan fingerprint density at radius 1 is 0.966 bits per heavy atom. The minimum absolute atomic E-state index is 0. The summed E-state index contributed by atoms with van der Waals surface area (Å²) in [7, 11) is 1.75. The number of benzene rings is 1. The number of hydrogen-bond acceptors (Lipinski definition) is 6. The predicted molar refractivity (Wildman–Crippen MR) is 117 cm³/mol. The van der Waals surface area contributed by atoms with Crippen molar-refractivity contribution in [3.63, 3.8) is 0 Å². The number of rotatable bonds is 7. The molecule has 0 fully saturated rings. The number of carbonyl (C=O) groups is 2. The molecule has 0 aliphatic rings.